The van der Waals surface area contributed by atoms with Crippen LogP contribution in [0.3, 0.4) is 0 Å². The summed E-state index contributed by atoms with van der Waals surface area (Å²) in [6.45, 7) is 16.2. The molecule has 4 N–H and O–H groups in total. The van der Waals surface area contributed by atoms with Gasteiger partial charge in [0, 0.05) is 44.4 Å². The standard InChI is InChI=1S/C15H18Cl2N2O3.C15H18N6O6S.C8H14ClN5/c1-8(2)21-12-7-11(9(16)6-10(12)17)19-14(20)22-13(18-19)15(3,4)5;1-21(2)13(22)9-6-5-7-16-12(9)28(24,25)20-15(23)19-14-17-10(26-3)8-11(18-14)27-4;1-4-10-7-12-6(9)13-8(14-7)11-5(2)3/h6-8H,1-5H3;5-8H,1-4H3,(H2,17,18,19,20,23);5H,4H2,1-3H3,(H2,10,11,12,13,14). The number of benzene rings is 1. The van der Waals surface area contributed by atoms with Gasteiger partial charge in [0.1, 0.15) is 5.75 Å². The molecule has 64 heavy (non-hydrogen) atoms. The van der Waals surface area contributed by atoms with Crippen LogP contribution in [0.25, 0.3) is 5.69 Å². The van der Waals surface area contributed by atoms with Crippen LogP contribution in [0.2, 0.25) is 15.3 Å². The molecule has 4 heterocycles. The molecule has 0 fully saturated rings. The Morgan fingerprint density at radius 1 is 0.906 bits per heavy atom. The highest BCUT2D eigenvalue weighted by molar-refractivity contribution is 7.90. The third-order valence-corrected chi connectivity index (χ3v) is 9.41. The molecule has 0 saturated carbocycles. The number of hydrogen-bond acceptors (Lipinski definition) is 18. The number of hydrogen-bond donors (Lipinski definition) is 4. The fourth-order valence-corrected chi connectivity index (χ4v) is 6.35. The van der Waals surface area contributed by atoms with E-state index in [1.54, 1.807) is 10.8 Å². The van der Waals surface area contributed by atoms with Gasteiger partial charge in [-0.15, -0.1) is 5.10 Å². The Hall–Kier alpha value is -6.04. The van der Waals surface area contributed by atoms with Crippen molar-refractivity contribution in [2.24, 2.45) is 0 Å². The van der Waals surface area contributed by atoms with Gasteiger partial charge in [-0.2, -0.15) is 38.0 Å². The second-order valence-corrected chi connectivity index (χ2v) is 17.5. The Labute approximate surface area is 384 Å². The SMILES string of the molecule is CC(C)Oc1cc(-n2nc(C(C)(C)C)oc2=O)c(Cl)cc1Cl.CCNc1nc(Cl)nc(NC(C)C)n1.COc1cc(OC)nc(NC(=O)NS(=O)(=O)c2ncccc2C(=O)N(C)C)n1. The van der Waals surface area contributed by atoms with Crippen LogP contribution >= 0.6 is 34.8 Å². The van der Waals surface area contributed by atoms with Crippen molar-refractivity contribution in [3.8, 4) is 23.2 Å². The summed E-state index contributed by atoms with van der Waals surface area (Å²) in [5.74, 6) is 0.487. The number of aromatic nitrogens is 8. The number of sulfonamides is 1. The summed E-state index contributed by atoms with van der Waals surface area (Å²) in [4.78, 5) is 61.0. The van der Waals surface area contributed by atoms with Gasteiger partial charge in [-0.3, -0.25) is 10.1 Å². The number of carbonyl (C=O) groups excluding carboxylic acids is 2. The predicted molar refractivity (Wildman–Crippen MR) is 241 cm³/mol. The van der Waals surface area contributed by atoms with Gasteiger partial charge in [0.05, 0.1) is 47.7 Å². The van der Waals surface area contributed by atoms with E-state index in [9.17, 15) is 22.8 Å². The quantitative estimate of drug-likeness (QED) is 0.104. The van der Waals surface area contributed by atoms with E-state index in [0.717, 1.165) is 11.2 Å². The number of amides is 3. The highest BCUT2D eigenvalue weighted by Gasteiger charge is 2.28. The molecule has 5 rings (SSSR count). The van der Waals surface area contributed by atoms with Crippen LogP contribution < -0.4 is 40.6 Å². The molecule has 0 aliphatic rings. The maximum Gasteiger partial charge on any atom is 0.442 e. The molecular formula is C38H50Cl3N13O9S. The van der Waals surface area contributed by atoms with E-state index in [1.807, 2.05) is 55.4 Å². The summed E-state index contributed by atoms with van der Waals surface area (Å²) in [7, 11) is 1.15. The van der Waals surface area contributed by atoms with Gasteiger partial charge < -0.3 is 34.2 Å². The molecule has 26 heteroatoms. The molecule has 3 amide bonds. The number of anilines is 3. The van der Waals surface area contributed by atoms with E-state index >= 15 is 0 Å². The van der Waals surface area contributed by atoms with E-state index in [0.29, 0.717) is 34.2 Å². The van der Waals surface area contributed by atoms with Crippen molar-refractivity contribution in [1.82, 2.24) is 49.3 Å². The summed E-state index contributed by atoms with van der Waals surface area (Å²) >= 11 is 18.0. The summed E-state index contributed by atoms with van der Waals surface area (Å²) < 4.78 is 48.6. The number of pyridine rings is 1. The van der Waals surface area contributed by atoms with E-state index in [1.165, 1.54) is 63.7 Å². The number of nitrogens with one attached hydrogen (secondary N) is 4. The van der Waals surface area contributed by atoms with Crippen LogP contribution in [0.15, 0.2) is 50.8 Å². The lowest BCUT2D eigenvalue weighted by atomic mass is 9.97. The molecule has 348 valence electrons. The van der Waals surface area contributed by atoms with Crippen molar-refractivity contribution in [1.29, 1.82) is 0 Å². The van der Waals surface area contributed by atoms with Gasteiger partial charge in [-0.1, -0.05) is 44.0 Å². The Bertz CT molecular complexity index is 2550. The Balaban J connectivity index is 0.000000269. The van der Waals surface area contributed by atoms with Crippen LogP contribution in [0.5, 0.6) is 17.5 Å². The molecule has 0 atom stereocenters. The summed E-state index contributed by atoms with van der Waals surface area (Å²) in [5.41, 5.74) is -0.210. The van der Waals surface area contributed by atoms with E-state index < -0.39 is 32.7 Å². The molecule has 0 aliphatic carbocycles. The van der Waals surface area contributed by atoms with Crippen molar-refractivity contribution in [3.05, 3.63) is 73.9 Å². The number of carbonyl (C=O) groups is 2. The van der Waals surface area contributed by atoms with Crippen molar-refractivity contribution in [2.45, 2.75) is 78.0 Å². The van der Waals surface area contributed by atoms with Gasteiger partial charge in [-0.25, -0.2) is 19.3 Å². The number of halogens is 3. The maximum absolute atomic E-state index is 12.5. The normalized spacial score (nSPS) is 11.1. The summed E-state index contributed by atoms with van der Waals surface area (Å²) in [6.07, 6.45) is 1.13. The van der Waals surface area contributed by atoms with Crippen LogP contribution in [0, 0.1) is 0 Å². The van der Waals surface area contributed by atoms with E-state index in [2.05, 4.69) is 51.0 Å². The zero-order chi connectivity index (χ0) is 48.1. The topological polar surface area (TPSA) is 273 Å². The average Bonchev–Trinajstić information content (AvgIpc) is 3.60. The van der Waals surface area contributed by atoms with Gasteiger partial charge in [0.25, 0.3) is 15.9 Å². The maximum atomic E-state index is 12.5. The van der Waals surface area contributed by atoms with Crippen molar-refractivity contribution in [3.63, 3.8) is 0 Å². The predicted octanol–water partition coefficient (Wildman–Crippen LogP) is 6.10. The number of rotatable bonds is 13. The van der Waals surface area contributed by atoms with Gasteiger partial charge in [0.2, 0.25) is 40.8 Å². The zero-order valence-corrected chi connectivity index (χ0v) is 40.2. The largest absolute Gasteiger partial charge is 0.489 e. The zero-order valence-electron chi connectivity index (χ0n) is 37.1. The summed E-state index contributed by atoms with van der Waals surface area (Å²) in [6, 6.07) is 6.28. The van der Waals surface area contributed by atoms with E-state index in [-0.39, 0.29) is 51.1 Å². The van der Waals surface area contributed by atoms with Gasteiger partial charge in [-0.05, 0) is 64.4 Å². The average molecular weight is 971 g/mol. The molecule has 0 aliphatic heterocycles. The Kier molecular flexibility index (Phi) is 18.8. The molecule has 0 unspecified atom stereocenters. The van der Waals surface area contributed by atoms with Gasteiger partial charge >= 0.3 is 11.8 Å². The molecule has 1 aromatic carbocycles. The second-order valence-electron chi connectivity index (χ2n) is 14.7. The molecule has 0 radical (unpaired) electrons. The van der Waals surface area contributed by atoms with Crippen LogP contribution in [0.1, 0.15) is 71.6 Å². The Morgan fingerprint density at radius 2 is 1.53 bits per heavy atom. The lowest BCUT2D eigenvalue weighted by Gasteiger charge is -2.14. The smallest absolute Gasteiger partial charge is 0.442 e. The fraction of sp³-hybridized carbons (Fsp3) is 0.421. The van der Waals surface area contributed by atoms with Crippen LogP contribution in [-0.2, 0) is 15.4 Å². The molecule has 0 spiro atoms. The first-order valence-corrected chi connectivity index (χ1v) is 21.7. The number of nitrogens with zero attached hydrogens (tertiary/aromatic N) is 9. The third kappa shape index (κ3) is 15.3. The minimum absolute atomic E-state index is 0.0642. The van der Waals surface area contributed by atoms with Crippen molar-refractivity contribution < 1.29 is 36.6 Å². The first kappa shape index (κ1) is 52.3. The fourth-order valence-electron chi connectivity index (χ4n) is 4.64. The van der Waals surface area contributed by atoms with Crippen LogP contribution in [-0.4, -0.2) is 112 Å². The lowest BCUT2D eigenvalue weighted by molar-refractivity contribution is 0.0823. The molecule has 22 nitrogen and oxygen atoms in total. The lowest BCUT2D eigenvalue weighted by Crippen LogP contribution is -2.36. The minimum Gasteiger partial charge on any atom is -0.489 e. The van der Waals surface area contributed by atoms with Crippen LogP contribution in [0.4, 0.5) is 22.6 Å². The summed E-state index contributed by atoms with van der Waals surface area (Å²) in [5, 5.41) is 12.7. The number of methoxy groups -OCH3 is 2. The molecule has 0 saturated heterocycles. The number of urea groups is 1. The van der Waals surface area contributed by atoms with Gasteiger partial charge in [0.15, 0.2) is 5.03 Å². The molecular weight excluding hydrogens is 921 g/mol. The van der Waals surface area contributed by atoms with Crippen molar-refractivity contribution in [2.75, 3.05) is 50.8 Å². The molecule has 5 aromatic rings. The third-order valence-electron chi connectivity index (χ3n) is 7.35. The Morgan fingerprint density at radius 3 is 2.06 bits per heavy atom. The highest BCUT2D eigenvalue weighted by atomic mass is 35.5. The first-order valence-electron chi connectivity index (χ1n) is 19.0. The van der Waals surface area contributed by atoms with Crippen molar-refractivity contribution >= 4 is 74.6 Å². The first-order chi connectivity index (χ1) is 29.9. The number of ether oxygens (including phenoxy) is 3. The highest BCUT2D eigenvalue weighted by Crippen LogP contribution is 2.33. The molecule has 4 aromatic heterocycles. The van der Waals surface area contributed by atoms with E-state index in [4.69, 9.17) is 53.4 Å². The monoisotopic (exact) mass is 969 g/mol. The molecule has 0 bridgehead atoms. The second kappa shape index (κ2) is 23.1. The minimum atomic E-state index is -4.46.